The van der Waals surface area contributed by atoms with E-state index in [1.54, 1.807) is 11.3 Å². The minimum Gasteiger partial charge on any atom is -0.378 e. The first-order chi connectivity index (χ1) is 8.67. The van der Waals surface area contributed by atoms with E-state index in [-0.39, 0.29) is 0 Å². The smallest absolute Gasteiger partial charge is 0.100 e. The molecule has 0 amide bonds. The summed E-state index contributed by atoms with van der Waals surface area (Å²) in [5, 5.41) is 18.2. The Bertz CT molecular complexity index is 547. The van der Waals surface area contributed by atoms with Crippen molar-refractivity contribution < 1.29 is 0 Å². The van der Waals surface area contributed by atoms with Gasteiger partial charge in [-0.05, 0) is 12.0 Å². The number of aromatic nitrogens is 2. The number of rotatable bonds is 5. The number of anilines is 1. The molecule has 0 aromatic carbocycles. The van der Waals surface area contributed by atoms with Crippen LogP contribution in [0.5, 0.6) is 0 Å². The summed E-state index contributed by atoms with van der Waals surface area (Å²) in [5.41, 5.74) is 1.75. The molecule has 1 N–H and O–H groups in total. The quantitative estimate of drug-likeness (QED) is 0.898. The molecule has 0 fully saturated rings. The molecule has 0 aliphatic heterocycles. The Morgan fingerprint density at radius 2 is 2.39 bits per heavy atom. The van der Waals surface area contributed by atoms with Crippen molar-refractivity contribution in [1.29, 1.82) is 5.26 Å². The lowest BCUT2D eigenvalue weighted by Crippen LogP contribution is -2.04. The Balaban J connectivity index is 1.90. The topological polar surface area (TPSA) is 53.6 Å². The molecule has 0 spiro atoms. The Morgan fingerprint density at radius 1 is 1.56 bits per heavy atom. The van der Waals surface area contributed by atoms with Gasteiger partial charge in [-0.1, -0.05) is 13.8 Å². The third kappa shape index (κ3) is 3.34. The molecule has 0 bridgehead atoms. The number of nitrogens with zero attached hydrogens (tertiary/aromatic N) is 3. The van der Waals surface area contributed by atoms with Gasteiger partial charge in [0.1, 0.15) is 6.07 Å². The summed E-state index contributed by atoms with van der Waals surface area (Å²) in [7, 11) is 0. The van der Waals surface area contributed by atoms with E-state index in [4.69, 9.17) is 5.26 Å². The number of thiophene rings is 1. The van der Waals surface area contributed by atoms with Crippen molar-refractivity contribution in [1.82, 2.24) is 9.78 Å². The largest absolute Gasteiger partial charge is 0.378 e. The van der Waals surface area contributed by atoms with Crippen LogP contribution in [-0.4, -0.2) is 9.78 Å². The van der Waals surface area contributed by atoms with Crippen LogP contribution in [0.2, 0.25) is 0 Å². The number of nitrogens with one attached hydrogen (secondary N) is 1. The molecule has 0 saturated heterocycles. The zero-order valence-corrected chi connectivity index (χ0v) is 11.4. The molecule has 2 heterocycles. The van der Waals surface area contributed by atoms with Gasteiger partial charge < -0.3 is 5.32 Å². The zero-order chi connectivity index (χ0) is 13.0. The highest BCUT2D eigenvalue weighted by atomic mass is 32.1. The fraction of sp³-hybridized carbons (Fsp3) is 0.385. The highest BCUT2D eigenvalue weighted by molar-refractivity contribution is 7.10. The first kappa shape index (κ1) is 12.7. The van der Waals surface area contributed by atoms with Gasteiger partial charge in [-0.15, -0.1) is 11.3 Å². The molecule has 0 saturated carbocycles. The highest BCUT2D eigenvalue weighted by Crippen LogP contribution is 2.16. The minimum atomic E-state index is 0.591. The fourth-order valence-corrected chi connectivity index (χ4v) is 2.40. The Kier molecular flexibility index (Phi) is 4.00. The van der Waals surface area contributed by atoms with Crippen molar-refractivity contribution in [2.24, 2.45) is 5.92 Å². The van der Waals surface area contributed by atoms with Crippen molar-refractivity contribution >= 4 is 17.0 Å². The van der Waals surface area contributed by atoms with Crippen LogP contribution < -0.4 is 5.32 Å². The molecule has 18 heavy (non-hydrogen) atoms. The second kappa shape index (κ2) is 5.69. The summed E-state index contributed by atoms with van der Waals surface area (Å²) < 4.78 is 1.95. The van der Waals surface area contributed by atoms with E-state index in [2.05, 4.69) is 30.3 Å². The number of nitriles is 1. The first-order valence-electron chi connectivity index (χ1n) is 5.91. The second-order valence-electron chi connectivity index (χ2n) is 4.61. The molecule has 94 valence electrons. The number of hydrogen-bond acceptors (Lipinski definition) is 4. The van der Waals surface area contributed by atoms with Crippen molar-refractivity contribution in [3.8, 4) is 6.07 Å². The van der Waals surface area contributed by atoms with E-state index in [9.17, 15) is 0 Å². The zero-order valence-electron chi connectivity index (χ0n) is 10.6. The van der Waals surface area contributed by atoms with Crippen LogP contribution in [0.1, 0.15) is 24.3 Å². The molecule has 4 nitrogen and oxygen atoms in total. The molecule has 0 unspecified atom stereocenters. The molecular weight excluding hydrogens is 244 g/mol. The summed E-state index contributed by atoms with van der Waals surface area (Å²) in [5.74, 6) is 0.591. The molecule has 0 aliphatic rings. The average molecular weight is 260 g/mol. The van der Waals surface area contributed by atoms with Crippen LogP contribution in [-0.2, 0) is 13.1 Å². The van der Waals surface area contributed by atoms with Gasteiger partial charge in [0, 0.05) is 29.5 Å². The van der Waals surface area contributed by atoms with Crippen molar-refractivity contribution in [2.75, 3.05) is 5.32 Å². The summed E-state index contributed by atoms with van der Waals surface area (Å²) in [6.45, 7) is 6.01. The molecule has 5 heteroatoms. The van der Waals surface area contributed by atoms with Gasteiger partial charge in [-0.25, -0.2) is 0 Å². The van der Waals surface area contributed by atoms with Crippen LogP contribution in [0, 0.1) is 17.2 Å². The Hall–Kier alpha value is -1.80. The Morgan fingerprint density at radius 3 is 3.06 bits per heavy atom. The second-order valence-corrected chi connectivity index (χ2v) is 5.61. The van der Waals surface area contributed by atoms with Crippen LogP contribution in [0.3, 0.4) is 0 Å². The predicted molar refractivity (Wildman–Crippen MR) is 73.4 cm³/mol. The van der Waals surface area contributed by atoms with Gasteiger partial charge >= 0.3 is 0 Å². The predicted octanol–water partition coefficient (Wildman–Crippen LogP) is 3.08. The Labute approximate surface area is 111 Å². The van der Waals surface area contributed by atoms with E-state index in [0.29, 0.717) is 5.92 Å². The summed E-state index contributed by atoms with van der Waals surface area (Å²) >= 11 is 1.60. The fourth-order valence-electron chi connectivity index (χ4n) is 1.65. The molecule has 2 aromatic heterocycles. The van der Waals surface area contributed by atoms with Gasteiger partial charge in [0.05, 0.1) is 17.4 Å². The summed E-state index contributed by atoms with van der Waals surface area (Å²) in [6.07, 6.45) is 3.85. The van der Waals surface area contributed by atoms with Crippen molar-refractivity contribution in [3.05, 3.63) is 34.3 Å². The van der Waals surface area contributed by atoms with Gasteiger partial charge in [0.25, 0.3) is 0 Å². The van der Waals surface area contributed by atoms with Crippen molar-refractivity contribution in [3.63, 3.8) is 0 Å². The van der Waals surface area contributed by atoms with Crippen molar-refractivity contribution in [2.45, 2.75) is 26.9 Å². The van der Waals surface area contributed by atoms with Gasteiger partial charge in [-0.3, -0.25) is 4.68 Å². The first-order valence-corrected chi connectivity index (χ1v) is 6.79. The van der Waals surface area contributed by atoms with Crippen LogP contribution in [0.25, 0.3) is 0 Å². The lowest BCUT2D eigenvalue weighted by molar-refractivity contribution is 0.483. The van der Waals surface area contributed by atoms with E-state index >= 15 is 0 Å². The van der Waals surface area contributed by atoms with E-state index < -0.39 is 0 Å². The lowest BCUT2D eigenvalue weighted by atomic mass is 10.2. The third-order valence-corrected chi connectivity index (χ3v) is 3.37. The molecule has 0 radical (unpaired) electrons. The van der Waals surface area contributed by atoms with Crippen LogP contribution in [0.4, 0.5) is 5.69 Å². The molecule has 0 atom stereocenters. The monoisotopic (exact) mass is 260 g/mol. The van der Waals surface area contributed by atoms with E-state index in [0.717, 1.165) is 29.2 Å². The number of hydrogen-bond donors (Lipinski definition) is 1. The van der Waals surface area contributed by atoms with Crippen LogP contribution in [0.15, 0.2) is 23.8 Å². The highest BCUT2D eigenvalue weighted by Gasteiger charge is 2.02. The maximum Gasteiger partial charge on any atom is 0.100 e. The normalized spacial score (nSPS) is 10.6. The van der Waals surface area contributed by atoms with E-state index in [1.165, 1.54) is 0 Å². The minimum absolute atomic E-state index is 0.591. The SMILES string of the molecule is CC(C)Cn1cc(NCc2cc(C#N)cs2)cn1. The molecule has 0 aliphatic carbocycles. The molecular formula is C13H16N4S. The maximum atomic E-state index is 8.75. The van der Waals surface area contributed by atoms with Gasteiger partial charge in [0.2, 0.25) is 0 Å². The molecule has 2 rings (SSSR count). The summed E-state index contributed by atoms with van der Waals surface area (Å²) in [6, 6.07) is 4.05. The standard InChI is InChI=1S/C13H16N4S/c1-10(2)7-17-8-12(5-16-17)15-6-13-3-11(4-14)9-18-13/h3,5,8-10,15H,6-7H2,1-2H3. The summed E-state index contributed by atoms with van der Waals surface area (Å²) in [4.78, 5) is 1.16. The maximum absolute atomic E-state index is 8.75. The third-order valence-electron chi connectivity index (χ3n) is 2.44. The van der Waals surface area contributed by atoms with E-state index in [1.807, 2.05) is 28.5 Å². The molecule has 2 aromatic rings. The van der Waals surface area contributed by atoms with Gasteiger partial charge in [-0.2, -0.15) is 10.4 Å². The van der Waals surface area contributed by atoms with Gasteiger partial charge in [0.15, 0.2) is 0 Å². The average Bonchev–Trinajstić information content (AvgIpc) is 2.94. The lowest BCUT2D eigenvalue weighted by Gasteiger charge is -2.03. The van der Waals surface area contributed by atoms with Crippen LogP contribution >= 0.6 is 11.3 Å².